The quantitative estimate of drug-likeness (QED) is 0.676. The Bertz CT molecular complexity index is 1160. The van der Waals surface area contributed by atoms with Crippen molar-refractivity contribution < 1.29 is 14.7 Å². The van der Waals surface area contributed by atoms with Crippen LogP contribution in [0.4, 0.5) is 27.0 Å². The van der Waals surface area contributed by atoms with E-state index >= 15 is 0 Å². The Hall–Kier alpha value is -4.08. The van der Waals surface area contributed by atoms with Gasteiger partial charge in [0.05, 0.1) is 31.0 Å². The van der Waals surface area contributed by atoms with E-state index < -0.39 is 6.09 Å². The summed E-state index contributed by atoms with van der Waals surface area (Å²) in [5.74, 6) is 1.41. The van der Waals surface area contributed by atoms with Crippen molar-refractivity contribution in [2.75, 3.05) is 50.0 Å². The fourth-order valence-corrected chi connectivity index (χ4v) is 4.74. The molecular weight excluding hydrogens is 440 g/mol. The largest absolute Gasteiger partial charge is 0.465 e. The Morgan fingerprint density at radius 2 is 2.12 bits per heavy atom. The number of nitrogens with zero attached hydrogens (tertiary/aromatic N) is 9. The molecule has 5 heterocycles. The van der Waals surface area contributed by atoms with E-state index in [9.17, 15) is 20.0 Å². The molecule has 0 saturated carbocycles. The zero-order valence-corrected chi connectivity index (χ0v) is 18.9. The smallest absolute Gasteiger partial charge is 0.407 e. The summed E-state index contributed by atoms with van der Waals surface area (Å²) >= 11 is 0. The fraction of sp³-hybridized carbons (Fsp3) is 0.524. The Morgan fingerprint density at radius 3 is 2.85 bits per heavy atom. The third-order valence-corrected chi connectivity index (χ3v) is 6.59. The highest BCUT2D eigenvalue weighted by molar-refractivity contribution is 5.76. The lowest BCUT2D eigenvalue weighted by atomic mass is 10.0. The van der Waals surface area contributed by atoms with Gasteiger partial charge in [0.25, 0.3) is 0 Å². The van der Waals surface area contributed by atoms with Gasteiger partial charge < -0.3 is 30.0 Å². The van der Waals surface area contributed by atoms with Crippen molar-refractivity contribution in [3.05, 3.63) is 23.7 Å². The van der Waals surface area contributed by atoms with Gasteiger partial charge in [0.2, 0.25) is 0 Å². The number of hydrogen-bond donors (Lipinski definition) is 2. The minimum Gasteiger partial charge on any atom is -0.465 e. The summed E-state index contributed by atoms with van der Waals surface area (Å²) in [6.45, 7) is 3.98. The average Bonchev–Trinajstić information content (AvgIpc) is 3.40. The van der Waals surface area contributed by atoms with E-state index in [0.29, 0.717) is 37.1 Å². The Balaban J connectivity index is 1.34. The number of nitriles is 1. The third kappa shape index (κ3) is 4.02. The number of hydrogen-bond acceptors (Lipinski definition) is 8. The van der Waals surface area contributed by atoms with Crippen LogP contribution in [0.3, 0.4) is 0 Å². The zero-order valence-electron chi connectivity index (χ0n) is 18.9. The van der Waals surface area contributed by atoms with Crippen molar-refractivity contribution >= 4 is 29.6 Å². The molecule has 0 bridgehead atoms. The number of rotatable bonds is 4. The number of nitrogens with one attached hydrogen (secondary N) is 1. The summed E-state index contributed by atoms with van der Waals surface area (Å²) in [4.78, 5) is 39.8. The van der Waals surface area contributed by atoms with Crippen LogP contribution in [0.2, 0.25) is 0 Å². The molecule has 3 aliphatic heterocycles. The van der Waals surface area contributed by atoms with Crippen molar-refractivity contribution in [2.45, 2.75) is 32.0 Å². The van der Waals surface area contributed by atoms with Crippen LogP contribution in [0, 0.1) is 11.3 Å². The number of amides is 3. The van der Waals surface area contributed by atoms with Gasteiger partial charge in [0, 0.05) is 45.8 Å². The van der Waals surface area contributed by atoms with Crippen LogP contribution >= 0.6 is 0 Å². The molecule has 0 radical (unpaired) electrons. The molecule has 3 aliphatic rings. The molecule has 5 rings (SSSR count). The number of piperidine rings is 1. The SMILES string of the molecule is CN1CCN([C@@H]2CCCN(c3cnc(C#N)c(Nc4cc5n(n4)CCN(C(=O)O)C5)n3)C2)C1=O. The first-order valence-corrected chi connectivity index (χ1v) is 11.3. The first-order valence-electron chi connectivity index (χ1n) is 11.3. The van der Waals surface area contributed by atoms with E-state index in [0.717, 1.165) is 38.2 Å². The van der Waals surface area contributed by atoms with Gasteiger partial charge in [-0.1, -0.05) is 0 Å². The van der Waals surface area contributed by atoms with Crippen LogP contribution in [0.15, 0.2) is 12.3 Å². The highest BCUT2D eigenvalue weighted by atomic mass is 16.4. The molecule has 0 aromatic carbocycles. The molecule has 13 heteroatoms. The molecule has 0 unspecified atom stereocenters. The first kappa shape index (κ1) is 21.7. The van der Waals surface area contributed by atoms with Crippen LogP contribution in [0.1, 0.15) is 24.2 Å². The molecule has 34 heavy (non-hydrogen) atoms. The van der Waals surface area contributed by atoms with Crippen molar-refractivity contribution in [3.63, 3.8) is 0 Å². The molecule has 2 N–H and O–H groups in total. The Morgan fingerprint density at radius 1 is 1.26 bits per heavy atom. The van der Waals surface area contributed by atoms with Gasteiger partial charge in [0.1, 0.15) is 11.9 Å². The number of carbonyl (C=O) groups is 2. The topological polar surface area (TPSA) is 147 Å². The molecule has 1 atom stereocenters. The van der Waals surface area contributed by atoms with Crippen LogP contribution < -0.4 is 10.2 Å². The maximum absolute atomic E-state index is 12.4. The minimum atomic E-state index is -0.964. The van der Waals surface area contributed by atoms with Crippen LogP contribution in [-0.4, -0.2) is 97.5 Å². The summed E-state index contributed by atoms with van der Waals surface area (Å²) < 4.78 is 1.75. The third-order valence-electron chi connectivity index (χ3n) is 6.59. The second kappa shape index (κ2) is 8.69. The lowest BCUT2D eigenvalue weighted by Crippen LogP contribution is -2.49. The molecule has 0 aliphatic carbocycles. The number of likely N-dealkylation sites (N-methyl/N-ethyl adjacent to an activating group) is 1. The molecule has 2 aromatic rings. The van der Waals surface area contributed by atoms with Gasteiger partial charge in [-0.05, 0) is 12.8 Å². The van der Waals surface area contributed by atoms with E-state index in [1.165, 1.54) is 4.90 Å². The normalized spacial score (nSPS) is 20.4. The van der Waals surface area contributed by atoms with Crippen molar-refractivity contribution in [3.8, 4) is 6.07 Å². The molecule has 2 fully saturated rings. The van der Waals surface area contributed by atoms with Crippen molar-refractivity contribution in [2.24, 2.45) is 0 Å². The maximum atomic E-state index is 12.4. The number of carboxylic acid groups (broad SMARTS) is 1. The predicted octanol–water partition coefficient (Wildman–Crippen LogP) is 1.12. The Labute approximate surface area is 196 Å². The van der Waals surface area contributed by atoms with E-state index in [2.05, 4.69) is 31.4 Å². The Kier molecular flexibility index (Phi) is 5.56. The summed E-state index contributed by atoms with van der Waals surface area (Å²) in [6, 6.07) is 3.99. The van der Waals surface area contributed by atoms with E-state index in [4.69, 9.17) is 0 Å². The number of urea groups is 1. The second-order valence-corrected chi connectivity index (χ2v) is 8.75. The van der Waals surface area contributed by atoms with E-state index in [1.807, 2.05) is 11.9 Å². The van der Waals surface area contributed by atoms with Gasteiger partial charge in [-0.3, -0.25) is 4.68 Å². The highest BCUT2D eigenvalue weighted by Crippen LogP contribution is 2.26. The molecule has 13 nitrogen and oxygen atoms in total. The molecule has 178 valence electrons. The molecule has 0 spiro atoms. The van der Waals surface area contributed by atoms with Gasteiger partial charge in [0.15, 0.2) is 17.3 Å². The average molecular weight is 467 g/mol. The lowest BCUT2D eigenvalue weighted by molar-refractivity contribution is 0.131. The minimum absolute atomic E-state index is 0.0605. The highest BCUT2D eigenvalue weighted by Gasteiger charge is 2.34. The fourth-order valence-electron chi connectivity index (χ4n) is 4.74. The number of carbonyl (C=O) groups excluding carboxylic acids is 1. The van der Waals surface area contributed by atoms with E-state index in [1.54, 1.807) is 21.8 Å². The number of aromatic nitrogens is 4. The first-order chi connectivity index (χ1) is 16.4. The summed E-state index contributed by atoms with van der Waals surface area (Å²) in [6.07, 6.45) is 2.50. The van der Waals surface area contributed by atoms with Crippen molar-refractivity contribution in [1.29, 1.82) is 5.26 Å². The molecule has 2 saturated heterocycles. The summed E-state index contributed by atoms with van der Waals surface area (Å²) in [7, 11) is 1.82. The standard InChI is InChI=1S/C21H26N10O3/c1-27-5-7-30(20(27)32)14-3-2-4-28(12-14)18-11-23-16(10-22)19(25-18)24-17-9-15-13-29(21(33)34)6-8-31(15)26-17/h9,11,14H,2-8,12-13H2,1H3,(H,33,34)(H,24,25,26)/t14-/m1/s1. The van der Waals surface area contributed by atoms with Crippen LogP contribution in [0.5, 0.6) is 0 Å². The van der Waals surface area contributed by atoms with Crippen LogP contribution in [0.25, 0.3) is 0 Å². The monoisotopic (exact) mass is 466 g/mol. The predicted molar refractivity (Wildman–Crippen MR) is 121 cm³/mol. The van der Waals surface area contributed by atoms with Gasteiger partial charge in [-0.25, -0.2) is 19.6 Å². The second-order valence-electron chi connectivity index (χ2n) is 8.75. The molecule has 2 aromatic heterocycles. The maximum Gasteiger partial charge on any atom is 0.407 e. The number of anilines is 3. The van der Waals surface area contributed by atoms with Crippen molar-refractivity contribution in [1.82, 2.24) is 34.4 Å². The zero-order chi connectivity index (χ0) is 23.8. The van der Waals surface area contributed by atoms with Crippen LogP contribution in [-0.2, 0) is 13.1 Å². The molecular formula is C21H26N10O3. The molecule has 3 amide bonds. The summed E-state index contributed by atoms with van der Waals surface area (Å²) in [5.41, 5.74) is 0.907. The van der Waals surface area contributed by atoms with Gasteiger partial charge in [-0.2, -0.15) is 10.4 Å². The van der Waals surface area contributed by atoms with Gasteiger partial charge in [-0.15, -0.1) is 0 Å². The summed E-state index contributed by atoms with van der Waals surface area (Å²) in [5, 5.41) is 26.4. The van der Waals surface area contributed by atoms with Gasteiger partial charge >= 0.3 is 12.1 Å². The van der Waals surface area contributed by atoms with E-state index in [-0.39, 0.29) is 24.3 Å². The number of fused-ring (bicyclic) bond motifs is 1. The lowest BCUT2D eigenvalue weighted by Gasteiger charge is -2.37.